The van der Waals surface area contributed by atoms with Crippen molar-refractivity contribution < 1.29 is 14.7 Å². The highest BCUT2D eigenvalue weighted by molar-refractivity contribution is 5.84. The highest BCUT2D eigenvalue weighted by Crippen LogP contribution is 2.16. The fraction of sp³-hybridized carbons (Fsp3) is 0.769. The lowest BCUT2D eigenvalue weighted by atomic mass is 9.94. The Bertz CT molecular complexity index is 370. The molecule has 2 atom stereocenters. The molecule has 1 aliphatic rings. The summed E-state index contributed by atoms with van der Waals surface area (Å²) in [7, 11) is 0. The van der Waals surface area contributed by atoms with E-state index in [1.807, 2.05) is 0 Å². The van der Waals surface area contributed by atoms with Gasteiger partial charge in [-0.3, -0.25) is 14.5 Å². The molecule has 1 amide bonds. The van der Waals surface area contributed by atoms with Gasteiger partial charge < -0.3 is 10.0 Å². The van der Waals surface area contributed by atoms with Crippen molar-refractivity contribution in [2.24, 2.45) is 11.8 Å². The van der Waals surface area contributed by atoms with Crippen LogP contribution in [-0.2, 0) is 9.59 Å². The Hall–Kier alpha value is -1.61. The number of amides is 1. The SMILES string of the molecule is CC(C(=O)O)C(C)C(=O)N1CCN(CCC#N)CC1. The second-order valence-electron chi connectivity index (χ2n) is 4.99. The number of hydrogen-bond acceptors (Lipinski definition) is 4. The van der Waals surface area contributed by atoms with E-state index in [1.54, 1.807) is 18.7 Å². The number of carbonyl (C=O) groups excluding carboxylic acids is 1. The number of aliphatic carboxylic acids is 1. The second kappa shape index (κ2) is 7.10. The molecule has 1 aliphatic heterocycles. The molecular weight excluding hydrogens is 246 g/mol. The van der Waals surface area contributed by atoms with Gasteiger partial charge in [-0.2, -0.15) is 5.26 Å². The number of carboxylic acid groups (broad SMARTS) is 1. The third-order valence-electron chi connectivity index (χ3n) is 3.75. The van der Waals surface area contributed by atoms with Crippen molar-refractivity contribution in [3.05, 3.63) is 0 Å². The standard InChI is InChI=1S/C13H21N3O3/c1-10(11(2)13(18)19)12(17)16-8-6-15(7-9-16)5-3-4-14/h10-11H,3,5-9H2,1-2H3,(H,18,19). The minimum atomic E-state index is -0.937. The summed E-state index contributed by atoms with van der Waals surface area (Å²) in [5.74, 6) is -2.18. The van der Waals surface area contributed by atoms with Gasteiger partial charge in [-0.1, -0.05) is 13.8 Å². The Morgan fingerprint density at radius 1 is 1.21 bits per heavy atom. The average Bonchev–Trinajstić information content (AvgIpc) is 2.43. The van der Waals surface area contributed by atoms with E-state index in [1.165, 1.54) is 0 Å². The summed E-state index contributed by atoms with van der Waals surface area (Å²) >= 11 is 0. The van der Waals surface area contributed by atoms with Crippen molar-refractivity contribution in [3.8, 4) is 6.07 Å². The Balaban J connectivity index is 2.45. The van der Waals surface area contributed by atoms with Gasteiger partial charge >= 0.3 is 5.97 Å². The highest BCUT2D eigenvalue weighted by atomic mass is 16.4. The van der Waals surface area contributed by atoms with E-state index in [2.05, 4.69) is 11.0 Å². The molecule has 2 unspecified atom stereocenters. The minimum Gasteiger partial charge on any atom is -0.481 e. The summed E-state index contributed by atoms with van der Waals surface area (Å²) in [4.78, 5) is 26.9. The molecule has 0 saturated carbocycles. The third-order valence-corrected chi connectivity index (χ3v) is 3.75. The van der Waals surface area contributed by atoms with Crippen molar-refractivity contribution in [1.82, 2.24) is 9.80 Å². The molecule has 6 nitrogen and oxygen atoms in total. The van der Waals surface area contributed by atoms with Gasteiger partial charge in [0.05, 0.1) is 12.0 Å². The molecule has 0 spiro atoms. The summed E-state index contributed by atoms with van der Waals surface area (Å²) in [5.41, 5.74) is 0. The molecular formula is C13H21N3O3. The van der Waals surface area contributed by atoms with Crippen LogP contribution in [0.25, 0.3) is 0 Å². The molecule has 1 N–H and O–H groups in total. The summed E-state index contributed by atoms with van der Waals surface area (Å²) < 4.78 is 0. The summed E-state index contributed by atoms with van der Waals surface area (Å²) in [6, 6.07) is 2.11. The molecule has 1 fully saturated rings. The van der Waals surface area contributed by atoms with Crippen LogP contribution in [0, 0.1) is 23.2 Å². The first-order chi connectivity index (χ1) is 8.97. The van der Waals surface area contributed by atoms with Gasteiger partial charge in [-0.15, -0.1) is 0 Å². The molecule has 0 aliphatic carbocycles. The number of piperazine rings is 1. The minimum absolute atomic E-state index is 0.0881. The first-order valence-electron chi connectivity index (χ1n) is 6.58. The van der Waals surface area contributed by atoms with Crippen LogP contribution < -0.4 is 0 Å². The zero-order valence-electron chi connectivity index (χ0n) is 11.5. The van der Waals surface area contributed by atoms with Crippen molar-refractivity contribution in [3.63, 3.8) is 0 Å². The smallest absolute Gasteiger partial charge is 0.307 e. The number of nitrogens with zero attached hydrogens (tertiary/aromatic N) is 3. The normalized spacial score (nSPS) is 19.5. The fourth-order valence-corrected chi connectivity index (χ4v) is 2.12. The molecule has 106 valence electrons. The molecule has 6 heteroatoms. The van der Waals surface area contributed by atoms with E-state index in [0.717, 1.165) is 19.6 Å². The lowest BCUT2D eigenvalue weighted by Gasteiger charge is -2.36. The van der Waals surface area contributed by atoms with Crippen LogP contribution in [0.1, 0.15) is 20.3 Å². The summed E-state index contributed by atoms with van der Waals surface area (Å²) in [6.45, 7) is 6.70. The van der Waals surface area contributed by atoms with E-state index >= 15 is 0 Å². The van der Waals surface area contributed by atoms with Crippen LogP contribution in [0.15, 0.2) is 0 Å². The Kier molecular flexibility index (Phi) is 5.77. The van der Waals surface area contributed by atoms with Gasteiger partial charge in [0.2, 0.25) is 5.91 Å². The lowest BCUT2D eigenvalue weighted by molar-refractivity contribution is -0.149. The molecule has 0 aromatic rings. The Labute approximate surface area is 113 Å². The Morgan fingerprint density at radius 2 is 1.79 bits per heavy atom. The molecule has 0 radical (unpaired) electrons. The van der Waals surface area contributed by atoms with E-state index < -0.39 is 17.8 Å². The van der Waals surface area contributed by atoms with E-state index in [9.17, 15) is 9.59 Å². The number of carbonyl (C=O) groups is 2. The predicted octanol–water partition coefficient (Wildman–Crippen LogP) is 0.401. The van der Waals surface area contributed by atoms with Crippen molar-refractivity contribution in [1.29, 1.82) is 5.26 Å². The molecule has 1 saturated heterocycles. The number of nitriles is 1. The van der Waals surface area contributed by atoms with Gasteiger partial charge in [-0.25, -0.2) is 0 Å². The van der Waals surface area contributed by atoms with E-state index in [4.69, 9.17) is 10.4 Å². The van der Waals surface area contributed by atoms with Crippen LogP contribution >= 0.6 is 0 Å². The van der Waals surface area contributed by atoms with Gasteiger partial charge in [0, 0.05) is 45.1 Å². The van der Waals surface area contributed by atoms with E-state index in [-0.39, 0.29) is 5.91 Å². The quantitative estimate of drug-likeness (QED) is 0.779. The van der Waals surface area contributed by atoms with Crippen molar-refractivity contribution in [2.75, 3.05) is 32.7 Å². The van der Waals surface area contributed by atoms with Gasteiger partial charge in [-0.05, 0) is 0 Å². The second-order valence-corrected chi connectivity index (χ2v) is 4.99. The van der Waals surface area contributed by atoms with Crippen LogP contribution in [0.3, 0.4) is 0 Å². The molecule has 0 bridgehead atoms. The first-order valence-corrected chi connectivity index (χ1v) is 6.58. The van der Waals surface area contributed by atoms with Gasteiger partial charge in [0.15, 0.2) is 0 Å². The van der Waals surface area contributed by atoms with Crippen LogP contribution in [0.4, 0.5) is 0 Å². The Morgan fingerprint density at radius 3 is 2.26 bits per heavy atom. The number of carboxylic acids is 1. The highest BCUT2D eigenvalue weighted by Gasteiger charge is 2.30. The molecule has 0 aromatic heterocycles. The number of hydrogen-bond donors (Lipinski definition) is 1. The monoisotopic (exact) mass is 267 g/mol. The zero-order chi connectivity index (χ0) is 14.4. The maximum atomic E-state index is 12.2. The van der Waals surface area contributed by atoms with Crippen LogP contribution in [0.2, 0.25) is 0 Å². The topological polar surface area (TPSA) is 84.6 Å². The molecule has 1 heterocycles. The molecule has 19 heavy (non-hydrogen) atoms. The zero-order valence-corrected chi connectivity index (χ0v) is 11.5. The third kappa shape index (κ3) is 4.21. The van der Waals surface area contributed by atoms with Gasteiger partial charge in [0.1, 0.15) is 0 Å². The molecule has 0 aromatic carbocycles. The van der Waals surface area contributed by atoms with Crippen LogP contribution in [0.5, 0.6) is 0 Å². The average molecular weight is 267 g/mol. The largest absolute Gasteiger partial charge is 0.481 e. The van der Waals surface area contributed by atoms with E-state index in [0.29, 0.717) is 19.5 Å². The maximum Gasteiger partial charge on any atom is 0.307 e. The summed E-state index contributed by atoms with van der Waals surface area (Å²) in [5, 5.41) is 17.5. The predicted molar refractivity (Wildman–Crippen MR) is 69.2 cm³/mol. The van der Waals surface area contributed by atoms with Crippen molar-refractivity contribution >= 4 is 11.9 Å². The van der Waals surface area contributed by atoms with Crippen molar-refractivity contribution in [2.45, 2.75) is 20.3 Å². The summed E-state index contributed by atoms with van der Waals surface area (Å²) in [6.07, 6.45) is 0.500. The van der Waals surface area contributed by atoms with Crippen LogP contribution in [-0.4, -0.2) is 59.5 Å². The lowest BCUT2D eigenvalue weighted by Crippen LogP contribution is -2.51. The maximum absolute atomic E-state index is 12.2. The fourth-order valence-electron chi connectivity index (χ4n) is 2.12. The molecule has 1 rings (SSSR count). The van der Waals surface area contributed by atoms with Gasteiger partial charge in [0.25, 0.3) is 0 Å². The first kappa shape index (κ1) is 15.4. The number of rotatable bonds is 5.